The Bertz CT molecular complexity index is 857. The summed E-state index contributed by atoms with van der Waals surface area (Å²) in [5, 5.41) is 0. The second kappa shape index (κ2) is 9.72. The molecule has 3 heterocycles. The van der Waals surface area contributed by atoms with Crippen LogP contribution in [0.3, 0.4) is 0 Å². The summed E-state index contributed by atoms with van der Waals surface area (Å²) >= 11 is 0. The lowest BCUT2D eigenvalue weighted by Gasteiger charge is -2.50. The van der Waals surface area contributed by atoms with Crippen LogP contribution in [0.5, 0.6) is 0 Å². The zero-order valence-corrected chi connectivity index (χ0v) is 20.5. The normalized spacial score (nSPS) is 19.8. The van der Waals surface area contributed by atoms with E-state index in [1.807, 2.05) is 44.1 Å². The fraction of sp³-hybridized carbons (Fsp3) is 0.556. The summed E-state index contributed by atoms with van der Waals surface area (Å²) in [6.45, 7) is 11.8. The highest BCUT2D eigenvalue weighted by Gasteiger charge is 2.40. The van der Waals surface area contributed by atoms with Crippen LogP contribution in [-0.2, 0) is 4.74 Å². The summed E-state index contributed by atoms with van der Waals surface area (Å²) in [6.07, 6.45) is 7.80. The van der Waals surface area contributed by atoms with Crippen LogP contribution in [0.25, 0.3) is 0 Å². The number of benzene rings is 1. The van der Waals surface area contributed by atoms with Gasteiger partial charge in [0.15, 0.2) is 0 Å². The molecule has 2 saturated heterocycles. The zero-order valence-electron chi connectivity index (χ0n) is 20.5. The molecule has 0 bridgehead atoms. The first-order chi connectivity index (χ1) is 15.8. The van der Waals surface area contributed by atoms with E-state index in [0.29, 0.717) is 6.04 Å². The van der Waals surface area contributed by atoms with Crippen LogP contribution < -0.4 is 4.90 Å². The molecule has 4 rings (SSSR count). The average Bonchev–Trinajstić information content (AvgIpc) is 2.80. The highest BCUT2D eigenvalue weighted by Crippen LogP contribution is 2.36. The van der Waals surface area contributed by atoms with Crippen molar-refractivity contribution >= 4 is 17.5 Å². The standard InChI is InChI=1S/C27H38N4O2/c1-26(2,3)33-25(32)29-19-14-27(4,15-20-29)30-17-12-23(13-18-30)31(22-9-6-5-7-10-22)24-11-8-16-28-21-24/h5-11,16,21,23H,12-15,17-20H2,1-4H3. The number of carbonyl (C=O) groups is 1. The predicted molar refractivity (Wildman–Crippen MR) is 133 cm³/mol. The molecule has 33 heavy (non-hydrogen) atoms. The molecule has 0 aliphatic carbocycles. The number of aromatic nitrogens is 1. The minimum absolute atomic E-state index is 0.134. The Labute approximate surface area is 198 Å². The van der Waals surface area contributed by atoms with E-state index in [0.717, 1.165) is 57.5 Å². The molecule has 1 aromatic carbocycles. The highest BCUT2D eigenvalue weighted by atomic mass is 16.6. The fourth-order valence-corrected chi connectivity index (χ4v) is 5.13. The van der Waals surface area contributed by atoms with Crippen molar-refractivity contribution in [3.63, 3.8) is 0 Å². The summed E-state index contributed by atoms with van der Waals surface area (Å²) in [4.78, 5) is 23.8. The Balaban J connectivity index is 1.38. The number of hydrogen-bond acceptors (Lipinski definition) is 5. The molecule has 0 radical (unpaired) electrons. The summed E-state index contributed by atoms with van der Waals surface area (Å²) in [5.74, 6) is 0. The number of carbonyl (C=O) groups excluding carboxylic acids is 1. The Morgan fingerprint density at radius 1 is 1.00 bits per heavy atom. The van der Waals surface area contributed by atoms with Crippen LogP contribution in [-0.4, -0.2) is 64.2 Å². The van der Waals surface area contributed by atoms with Crippen molar-refractivity contribution in [2.75, 3.05) is 31.1 Å². The molecule has 178 valence electrons. The molecular formula is C27H38N4O2. The third-order valence-corrected chi connectivity index (χ3v) is 7.04. The largest absolute Gasteiger partial charge is 0.444 e. The minimum atomic E-state index is -0.446. The second-order valence-electron chi connectivity index (χ2n) is 10.6. The molecule has 0 unspecified atom stereocenters. The second-order valence-corrected chi connectivity index (χ2v) is 10.6. The molecule has 2 aliphatic heterocycles. The molecule has 0 atom stereocenters. The number of amides is 1. The van der Waals surface area contributed by atoms with Crippen molar-refractivity contribution in [3.05, 3.63) is 54.9 Å². The molecule has 2 aliphatic rings. The average molecular weight is 451 g/mol. The number of anilines is 2. The summed E-state index contributed by atoms with van der Waals surface area (Å²) in [6, 6.07) is 15.3. The maximum absolute atomic E-state index is 12.5. The SMILES string of the molecule is CC(C)(C)OC(=O)N1CCC(C)(N2CCC(N(c3ccccc3)c3cccnc3)CC2)CC1. The van der Waals surface area contributed by atoms with Gasteiger partial charge in [0.1, 0.15) is 5.60 Å². The van der Waals surface area contributed by atoms with E-state index in [4.69, 9.17) is 4.74 Å². The van der Waals surface area contributed by atoms with Gasteiger partial charge in [-0.25, -0.2) is 4.79 Å². The number of hydrogen-bond donors (Lipinski definition) is 0. The maximum Gasteiger partial charge on any atom is 0.410 e. The minimum Gasteiger partial charge on any atom is -0.444 e. The van der Waals surface area contributed by atoms with Gasteiger partial charge in [0, 0.05) is 49.6 Å². The molecule has 0 saturated carbocycles. The lowest BCUT2D eigenvalue weighted by atomic mass is 9.85. The van der Waals surface area contributed by atoms with Gasteiger partial charge in [-0.15, -0.1) is 0 Å². The van der Waals surface area contributed by atoms with Gasteiger partial charge in [0.05, 0.1) is 11.9 Å². The van der Waals surface area contributed by atoms with Gasteiger partial charge in [-0.1, -0.05) is 18.2 Å². The van der Waals surface area contributed by atoms with Crippen molar-refractivity contribution in [3.8, 4) is 0 Å². The van der Waals surface area contributed by atoms with E-state index < -0.39 is 5.60 Å². The van der Waals surface area contributed by atoms with Crippen LogP contribution in [0, 0.1) is 0 Å². The van der Waals surface area contributed by atoms with E-state index in [1.54, 1.807) is 0 Å². The van der Waals surface area contributed by atoms with Crippen LogP contribution in [0.15, 0.2) is 54.9 Å². The van der Waals surface area contributed by atoms with E-state index in [-0.39, 0.29) is 11.6 Å². The summed E-state index contributed by atoms with van der Waals surface area (Å²) in [7, 11) is 0. The number of ether oxygens (including phenoxy) is 1. The zero-order chi connectivity index (χ0) is 23.5. The first kappa shape index (κ1) is 23.6. The number of likely N-dealkylation sites (tertiary alicyclic amines) is 2. The number of rotatable bonds is 4. The van der Waals surface area contributed by atoms with Crippen molar-refractivity contribution < 1.29 is 9.53 Å². The van der Waals surface area contributed by atoms with E-state index in [2.05, 4.69) is 58.1 Å². The quantitative estimate of drug-likeness (QED) is 0.618. The van der Waals surface area contributed by atoms with Crippen molar-refractivity contribution in [1.29, 1.82) is 0 Å². The van der Waals surface area contributed by atoms with Crippen molar-refractivity contribution in [2.24, 2.45) is 0 Å². The maximum atomic E-state index is 12.5. The highest BCUT2D eigenvalue weighted by molar-refractivity contribution is 5.68. The smallest absolute Gasteiger partial charge is 0.410 e. The molecule has 6 heteroatoms. The third kappa shape index (κ3) is 5.67. The monoisotopic (exact) mass is 450 g/mol. The molecule has 2 fully saturated rings. The number of nitrogens with zero attached hydrogens (tertiary/aromatic N) is 4. The summed E-state index contributed by atoms with van der Waals surface area (Å²) in [5.41, 5.74) is 2.06. The van der Waals surface area contributed by atoms with Gasteiger partial charge >= 0.3 is 6.09 Å². The van der Waals surface area contributed by atoms with Gasteiger partial charge < -0.3 is 14.5 Å². The van der Waals surface area contributed by atoms with Crippen LogP contribution >= 0.6 is 0 Å². The van der Waals surface area contributed by atoms with Crippen molar-refractivity contribution in [1.82, 2.24) is 14.8 Å². The van der Waals surface area contributed by atoms with Crippen LogP contribution in [0.1, 0.15) is 53.4 Å². The Hall–Kier alpha value is -2.60. The first-order valence-electron chi connectivity index (χ1n) is 12.2. The Kier molecular flexibility index (Phi) is 6.94. The van der Waals surface area contributed by atoms with E-state index >= 15 is 0 Å². The van der Waals surface area contributed by atoms with Gasteiger partial charge in [-0.2, -0.15) is 0 Å². The molecule has 6 nitrogen and oxygen atoms in total. The van der Waals surface area contributed by atoms with E-state index in [9.17, 15) is 4.79 Å². The predicted octanol–water partition coefficient (Wildman–Crippen LogP) is 5.47. The van der Waals surface area contributed by atoms with Gasteiger partial charge in [-0.3, -0.25) is 9.88 Å². The lowest BCUT2D eigenvalue weighted by molar-refractivity contribution is -0.00751. The number of piperidine rings is 2. The topological polar surface area (TPSA) is 48.9 Å². The first-order valence-corrected chi connectivity index (χ1v) is 12.2. The Morgan fingerprint density at radius 3 is 2.21 bits per heavy atom. The fourth-order valence-electron chi connectivity index (χ4n) is 5.13. The molecule has 1 aromatic heterocycles. The van der Waals surface area contributed by atoms with Crippen LogP contribution in [0.2, 0.25) is 0 Å². The molecule has 1 amide bonds. The molecule has 0 spiro atoms. The Morgan fingerprint density at radius 2 is 1.64 bits per heavy atom. The van der Waals surface area contributed by atoms with Crippen LogP contribution in [0.4, 0.5) is 16.2 Å². The van der Waals surface area contributed by atoms with Crippen molar-refractivity contribution in [2.45, 2.75) is 70.6 Å². The number of para-hydroxylation sites is 1. The summed E-state index contributed by atoms with van der Waals surface area (Å²) < 4.78 is 5.58. The molecule has 0 N–H and O–H groups in total. The third-order valence-electron chi connectivity index (χ3n) is 7.04. The molecular weight excluding hydrogens is 412 g/mol. The van der Waals surface area contributed by atoms with Gasteiger partial charge in [-0.05, 0) is 77.6 Å². The van der Waals surface area contributed by atoms with Gasteiger partial charge in [0.25, 0.3) is 0 Å². The lowest BCUT2D eigenvalue weighted by Crippen LogP contribution is -2.58. The van der Waals surface area contributed by atoms with Gasteiger partial charge in [0.2, 0.25) is 0 Å². The number of pyridine rings is 1. The molecule has 2 aromatic rings. The van der Waals surface area contributed by atoms with E-state index in [1.165, 1.54) is 5.69 Å².